The van der Waals surface area contributed by atoms with Gasteiger partial charge in [0.15, 0.2) is 0 Å². The number of hydrogen-bond donors (Lipinski definition) is 0. The molecule has 0 saturated carbocycles. The Morgan fingerprint density at radius 2 is 1.68 bits per heavy atom. The Hall–Kier alpha value is -3.53. The smallest absolute Gasteiger partial charge is 0.210 e. The van der Waals surface area contributed by atoms with Crippen molar-refractivity contribution in [1.29, 1.82) is 0 Å². The van der Waals surface area contributed by atoms with Gasteiger partial charge in [-0.2, -0.15) is 0 Å². The largest absolute Gasteiger partial charge is 0.496 e. The van der Waals surface area contributed by atoms with E-state index in [1.807, 2.05) is 12.1 Å². The van der Waals surface area contributed by atoms with E-state index in [4.69, 9.17) is 9.73 Å². The van der Waals surface area contributed by atoms with Crippen molar-refractivity contribution in [1.82, 2.24) is 4.90 Å². The van der Waals surface area contributed by atoms with Crippen LogP contribution in [-0.4, -0.2) is 31.1 Å². The van der Waals surface area contributed by atoms with Crippen LogP contribution >= 0.6 is 0 Å². The molecule has 2 heterocycles. The third kappa shape index (κ3) is 3.70. The topological polar surface area (TPSA) is 28.1 Å². The summed E-state index contributed by atoms with van der Waals surface area (Å²) in [4.78, 5) is 9.53. The summed E-state index contributed by atoms with van der Waals surface area (Å²) < 4.78 is 5.67. The highest BCUT2D eigenvalue weighted by molar-refractivity contribution is 6.08. The van der Waals surface area contributed by atoms with Gasteiger partial charge < -0.3 is 9.64 Å². The summed E-state index contributed by atoms with van der Waals surface area (Å²) in [5.41, 5.74) is 7.06. The Bertz CT molecular complexity index is 1160. The quantitative estimate of drug-likeness (QED) is 0.534. The van der Waals surface area contributed by atoms with E-state index < -0.39 is 0 Å². The molecule has 2 aliphatic heterocycles. The molecule has 0 spiro atoms. The van der Waals surface area contributed by atoms with E-state index in [-0.39, 0.29) is 0 Å². The first-order chi connectivity index (χ1) is 15.2. The standard InChI is InChI=1S/C27H27N3O/c1-20-9-7-10-21(17-20)22-11-8-12-23(18-22)30-19-25(24-13-3-4-14-26(24)31-2)29-16-6-5-15-28-27(29)30/h3-4,7-14,17-19H,5-6,15-16H2,1-2H3. The molecule has 5 rings (SSSR count). The number of benzene rings is 3. The second kappa shape index (κ2) is 8.31. The SMILES string of the molecule is COc1ccccc1C1=CN(c2cccc(-c3cccc(C)c3)c2)C2=NCCCCN12. The Kier molecular flexibility index (Phi) is 5.21. The molecule has 0 saturated heterocycles. The minimum atomic E-state index is 0.854. The molecule has 3 aromatic carbocycles. The number of nitrogens with zero attached hydrogens (tertiary/aromatic N) is 3. The van der Waals surface area contributed by atoms with Crippen molar-refractivity contribution < 1.29 is 4.74 Å². The summed E-state index contributed by atoms with van der Waals surface area (Å²) in [5, 5.41) is 0. The first kappa shape index (κ1) is 19.4. The average molecular weight is 410 g/mol. The highest BCUT2D eigenvalue weighted by atomic mass is 16.5. The summed E-state index contributed by atoms with van der Waals surface area (Å²) in [6, 6.07) is 25.6. The maximum Gasteiger partial charge on any atom is 0.210 e. The summed E-state index contributed by atoms with van der Waals surface area (Å²) >= 11 is 0. The lowest BCUT2D eigenvalue weighted by Gasteiger charge is -2.25. The number of guanidine groups is 1. The van der Waals surface area contributed by atoms with Crippen LogP contribution in [0, 0.1) is 6.92 Å². The maximum absolute atomic E-state index is 5.67. The van der Waals surface area contributed by atoms with E-state index in [9.17, 15) is 0 Å². The second-order valence-electron chi connectivity index (χ2n) is 8.04. The average Bonchev–Trinajstić information content (AvgIpc) is 2.99. The number of anilines is 1. The van der Waals surface area contributed by atoms with Gasteiger partial charge >= 0.3 is 0 Å². The minimum absolute atomic E-state index is 0.854. The molecule has 0 radical (unpaired) electrons. The molecule has 0 N–H and O–H groups in total. The van der Waals surface area contributed by atoms with Crippen LogP contribution < -0.4 is 9.64 Å². The Morgan fingerprint density at radius 1 is 0.871 bits per heavy atom. The predicted octanol–water partition coefficient (Wildman–Crippen LogP) is 5.94. The van der Waals surface area contributed by atoms with Gasteiger partial charge in [-0.15, -0.1) is 0 Å². The van der Waals surface area contributed by atoms with Crippen LogP contribution in [0.5, 0.6) is 5.75 Å². The summed E-state index contributed by atoms with van der Waals surface area (Å²) in [7, 11) is 1.73. The number of methoxy groups -OCH3 is 1. The molecule has 0 unspecified atom stereocenters. The number of aryl methyl sites for hydroxylation is 1. The molecule has 4 heteroatoms. The number of fused-ring (bicyclic) bond motifs is 1. The lowest BCUT2D eigenvalue weighted by molar-refractivity contribution is 0.412. The first-order valence-electron chi connectivity index (χ1n) is 10.9. The first-order valence-corrected chi connectivity index (χ1v) is 10.9. The molecule has 0 aromatic heterocycles. The van der Waals surface area contributed by atoms with Crippen LogP contribution in [0.3, 0.4) is 0 Å². The highest BCUT2D eigenvalue weighted by Crippen LogP contribution is 2.37. The van der Waals surface area contributed by atoms with Gasteiger partial charge in [-0.05, 0) is 55.2 Å². The van der Waals surface area contributed by atoms with Gasteiger partial charge in [0.25, 0.3) is 0 Å². The maximum atomic E-state index is 5.67. The van der Waals surface area contributed by atoms with Crippen molar-refractivity contribution >= 4 is 17.3 Å². The summed E-state index contributed by atoms with van der Waals surface area (Å²) in [6.07, 6.45) is 4.43. The number of ether oxygens (including phenoxy) is 1. The third-order valence-corrected chi connectivity index (χ3v) is 5.90. The normalized spacial score (nSPS) is 15.8. The number of para-hydroxylation sites is 1. The van der Waals surface area contributed by atoms with E-state index in [0.717, 1.165) is 54.6 Å². The number of hydrogen-bond acceptors (Lipinski definition) is 4. The van der Waals surface area contributed by atoms with Crippen molar-refractivity contribution in [2.45, 2.75) is 19.8 Å². The van der Waals surface area contributed by atoms with Crippen LogP contribution in [0.25, 0.3) is 16.8 Å². The van der Waals surface area contributed by atoms with Gasteiger partial charge in [0.05, 0.1) is 12.8 Å². The van der Waals surface area contributed by atoms with Crippen molar-refractivity contribution in [3.8, 4) is 16.9 Å². The van der Waals surface area contributed by atoms with E-state index in [0.29, 0.717) is 0 Å². The van der Waals surface area contributed by atoms with Crippen LogP contribution in [0.4, 0.5) is 5.69 Å². The molecule has 156 valence electrons. The Balaban J connectivity index is 1.60. The summed E-state index contributed by atoms with van der Waals surface area (Å²) in [6.45, 7) is 3.94. The fourth-order valence-corrected chi connectivity index (χ4v) is 4.35. The molecule has 0 aliphatic carbocycles. The fourth-order valence-electron chi connectivity index (χ4n) is 4.35. The third-order valence-electron chi connectivity index (χ3n) is 5.90. The number of aliphatic imine (C=N–C) groups is 1. The van der Waals surface area contributed by atoms with Crippen molar-refractivity contribution in [2.24, 2.45) is 4.99 Å². The van der Waals surface area contributed by atoms with E-state index in [2.05, 4.69) is 83.6 Å². The molecule has 0 amide bonds. The molecule has 0 fully saturated rings. The number of rotatable bonds is 4. The van der Waals surface area contributed by atoms with Gasteiger partial charge in [-0.1, -0.05) is 54.1 Å². The molecule has 4 nitrogen and oxygen atoms in total. The molecule has 2 aliphatic rings. The second-order valence-corrected chi connectivity index (χ2v) is 8.04. The molecular weight excluding hydrogens is 382 g/mol. The van der Waals surface area contributed by atoms with Crippen LogP contribution in [0.1, 0.15) is 24.0 Å². The zero-order valence-corrected chi connectivity index (χ0v) is 18.1. The van der Waals surface area contributed by atoms with E-state index in [1.165, 1.54) is 16.7 Å². The van der Waals surface area contributed by atoms with Crippen LogP contribution in [0.15, 0.2) is 84.0 Å². The fraction of sp³-hybridized carbons (Fsp3) is 0.222. The van der Waals surface area contributed by atoms with Crippen molar-refractivity contribution in [3.63, 3.8) is 0 Å². The van der Waals surface area contributed by atoms with Gasteiger partial charge in [0, 0.05) is 30.5 Å². The highest BCUT2D eigenvalue weighted by Gasteiger charge is 2.32. The van der Waals surface area contributed by atoms with Gasteiger partial charge in [-0.3, -0.25) is 9.89 Å². The van der Waals surface area contributed by atoms with Crippen LogP contribution in [-0.2, 0) is 0 Å². The van der Waals surface area contributed by atoms with Gasteiger partial charge in [0.2, 0.25) is 5.96 Å². The van der Waals surface area contributed by atoms with E-state index >= 15 is 0 Å². The summed E-state index contributed by atoms with van der Waals surface area (Å²) in [5.74, 6) is 1.88. The molecule has 0 atom stereocenters. The molecule has 0 bridgehead atoms. The zero-order valence-electron chi connectivity index (χ0n) is 18.1. The van der Waals surface area contributed by atoms with Crippen molar-refractivity contribution in [3.05, 3.63) is 90.1 Å². The van der Waals surface area contributed by atoms with Crippen LogP contribution in [0.2, 0.25) is 0 Å². The monoisotopic (exact) mass is 409 g/mol. The minimum Gasteiger partial charge on any atom is -0.496 e. The predicted molar refractivity (Wildman–Crippen MR) is 128 cm³/mol. The molecule has 3 aromatic rings. The zero-order chi connectivity index (χ0) is 21.2. The van der Waals surface area contributed by atoms with E-state index in [1.54, 1.807) is 7.11 Å². The lowest BCUT2D eigenvalue weighted by atomic mass is 10.0. The molecular formula is C27H27N3O. The van der Waals surface area contributed by atoms with Crippen molar-refractivity contribution in [2.75, 3.05) is 25.1 Å². The Morgan fingerprint density at radius 3 is 2.52 bits per heavy atom. The van der Waals surface area contributed by atoms with Gasteiger partial charge in [0.1, 0.15) is 5.75 Å². The molecule has 31 heavy (non-hydrogen) atoms. The lowest BCUT2D eigenvalue weighted by Crippen LogP contribution is -2.34. The Labute approximate surface area is 184 Å². The van der Waals surface area contributed by atoms with Gasteiger partial charge in [-0.25, -0.2) is 0 Å².